The average molecular weight is 205 g/mol. The van der Waals surface area contributed by atoms with Crippen LogP contribution in [0.15, 0.2) is 24.3 Å². The number of nitrogens with zero attached hydrogens (tertiary/aromatic N) is 1. The van der Waals surface area contributed by atoms with Crippen molar-refractivity contribution >= 4 is 17.0 Å². The maximum Gasteiger partial charge on any atom is 0.418 e. The van der Waals surface area contributed by atoms with Crippen molar-refractivity contribution in [3.8, 4) is 5.88 Å². The number of rotatable bonds is 1. The van der Waals surface area contributed by atoms with E-state index in [9.17, 15) is 4.79 Å². The number of hydrogen-bond donors (Lipinski definition) is 1. The molecule has 15 heavy (non-hydrogen) atoms. The molecule has 78 valence electrons. The smallest absolute Gasteiger partial charge is 0.418 e. The highest BCUT2D eigenvalue weighted by molar-refractivity contribution is 5.93. The lowest BCUT2D eigenvalue weighted by Gasteiger charge is -2.04. The Balaban J connectivity index is 2.88. The summed E-state index contributed by atoms with van der Waals surface area (Å²) in [4.78, 5) is 11.1. The Morgan fingerprint density at radius 2 is 2.20 bits per heavy atom. The molecule has 0 atom stereocenters. The second-order valence-corrected chi connectivity index (χ2v) is 3.32. The first kappa shape index (κ1) is 9.58. The number of methoxy groups -OCH3 is 1. The normalized spacial score (nSPS) is 10.5. The molecule has 0 saturated heterocycles. The number of carboxylic acid groups (broad SMARTS) is 1. The Hall–Kier alpha value is -1.97. The fourth-order valence-electron chi connectivity index (χ4n) is 1.75. The molecule has 2 rings (SSSR count). The maximum atomic E-state index is 11.1. The van der Waals surface area contributed by atoms with E-state index in [4.69, 9.17) is 9.84 Å². The summed E-state index contributed by atoms with van der Waals surface area (Å²) in [6, 6.07) is 7.35. The van der Waals surface area contributed by atoms with Crippen LogP contribution in [-0.4, -0.2) is 22.9 Å². The highest BCUT2D eigenvalue weighted by atomic mass is 16.5. The summed E-state index contributed by atoms with van der Waals surface area (Å²) >= 11 is 0. The molecule has 1 N–H and O–H groups in total. The van der Waals surface area contributed by atoms with Gasteiger partial charge in [-0.1, -0.05) is 18.2 Å². The lowest BCUT2D eigenvalue weighted by atomic mass is 10.2. The number of benzene rings is 1. The topological polar surface area (TPSA) is 51.5 Å². The number of aryl methyl sites for hydroxylation is 1. The van der Waals surface area contributed by atoms with Gasteiger partial charge in [-0.25, -0.2) is 9.36 Å². The Kier molecular flexibility index (Phi) is 2.11. The predicted molar refractivity (Wildman–Crippen MR) is 56.6 cm³/mol. The van der Waals surface area contributed by atoms with E-state index in [1.54, 1.807) is 6.07 Å². The van der Waals surface area contributed by atoms with Gasteiger partial charge in [0, 0.05) is 11.5 Å². The zero-order valence-electron chi connectivity index (χ0n) is 8.52. The van der Waals surface area contributed by atoms with Crippen LogP contribution in [-0.2, 0) is 0 Å². The number of para-hydroxylation sites is 1. The zero-order chi connectivity index (χ0) is 11.0. The molecule has 0 unspecified atom stereocenters. The summed E-state index contributed by atoms with van der Waals surface area (Å²) in [5.41, 5.74) is 1.60. The number of aromatic nitrogens is 1. The van der Waals surface area contributed by atoms with Crippen molar-refractivity contribution in [2.24, 2.45) is 0 Å². The molecule has 2 aromatic rings. The van der Waals surface area contributed by atoms with Crippen molar-refractivity contribution in [2.45, 2.75) is 6.92 Å². The van der Waals surface area contributed by atoms with Gasteiger partial charge in [0.05, 0.1) is 12.6 Å². The first-order valence-corrected chi connectivity index (χ1v) is 4.53. The SMILES string of the molecule is COc1cc2cccc(C)c2n1C(=O)O. The Bertz CT molecular complexity index is 528. The third kappa shape index (κ3) is 1.34. The van der Waals surface area contributed by atoms with Gasteiger partial charge in [-0.15, -0.1) is 0 Å². The summed E-state index contributed by atoms with van der Waals surface area (Å²) in [6.07, 6.45) is -1.03. The molecule has 0 saturated carbocycles. The van der Waals surface area contributed by atoms with E-state index in [1.807, 2.05) is 25.1 Å². The highest BCUT2D eigenvalue weighted by Crippen LogP contribution is 2.27. The molecule has 0 aliphatic carbocycles. The van der Waals surface area contributed by atoms with E-state index in [0.717, 1.165) is 15.5 Å². The molecule has 1 heterocycles. The summed E-state index contributed by atoms with van der Waals surface area (Å²) < 4.78 is 6.19. The minimum absolute atomic E-state index is 0.340. The molecule has 0 bridgehead atoms. The molecule has 4 nitrogen and oxygen atoms in total. The summed E-state index contributed by atoms with van der Waals surface area (Å²) in [5, 5.41) is 9.96. The summed E-state index contributed by atoms with van der Waals surface area (Å²) in [5.74, 6) is 0.340. The number of fused-ring (bicyclic) bond motifs is 1. The van der Waals surface area contributed by atoms with Crippen molar-refractivity contribution in [3.63, 3.8) is 0 Å². The van der Waals surface area contributed by atoms with Crippen molar-refractivity contribution in [1.29, 1.82) is 0 Å². The van der Waals surface area contributed by atoms with Gasteiger partial charge in [-0.05, 0) is 12.5 Å². The molecule has 0 amide bonds. The molecule has 4 heteroatoms. The van der Waals surface area contributed by atoms with E-state index in [0.29, 0.717) is 11.4 Å². The third-order valence-corrected chi connectivity index (χ3v) is 2.39. The van der Waals surface area contributed by atoms with Crippen molar-refractivity contribution in [1.82, 2.24) is 4.57 Å². The fourth-order valence-corrected chi connectivity index (χ4v) is 1.75. The molecule has 0 spiro atoms. The van der Waals surface area contributed by atoms with E-state index in [1.165, 1.54) is 7.11 Å². The van der Waals surface area contributed by atoms with Gasteiger partial charge in [0.15, 0.2) is 0 Å². The van der Waals surface area contributed by atoms with Gasteiger partial charge in [0.2, 0.25) is 5.88 Å². The van der Waals surface area contributed by atoms with Crippen molar-refractivity contribution in [2.75, 3.05) is 7.11 Å². The second kappa shape index (κ2) is 3.31. The van der Waals surface area contributed by atoms with Crippen molar-refractivity contribution in [3.05, 3.63) is 29.8 Å². The molecule has 0 aliphatic heterocycles. The van der Waals surface area contributed by atoms with Crippen LogP contribution >= 0.6 is 0 Å². The van der Waals surface area contributed by atoms with Crippen LogP contribution < -0.4 is 4.74 Å². The lowest BCUT2D eigenvalue weighted by Crippen LogP contribution is -2.09. The summed E-state index contributed by atoms with van der Waals surface area (Å²) in [6.45, 7) is 1.88. The zero-order valence-corrected chi connectivity index (χ0v) is 8.52. The lowest BCUT2D eigenvalue weighted by molar-refractivity contribution is 0.194. The van der Waals surface area contributed by atoms with Crippen LogP contribution in [0.1, 0.15) is 5.56 Å². The Morgan fingerprint density at radius 1 is 1.47 bits per heavy atom. The van der Waals surface area contributed by atoms with Crippen LogP contribution in [0.5, 0.6) is 5.88 Å². The first-order chi connectivity index (χ1) is 7.15. The Morgan fingerprint density at radius 3 is 2.80 bits per heavy atom. The van der Waals surface area contributed by atoms with E-state index in [2.05, 4.69) is 0 Å². The Labute approximate surface area is 86.7 Å². The van der Waals surface area contributed by atoms with E-state index in [-0.39, 0.29) is 0 Å². The molecule has 0 fully saturated rings. The first-order valence-electron chi connectivity index (χ1n) is 4.53. The summed E-state index contributed by atoms with van der Waals surface area (Å²) in [7, 11) is 1.46. The van der Waals surface area contributed by atoms with Gasteiger partial charge in [-0.3, -0.25) is 0 Å². The molecular formula is C11H11NO3. The molecule has 0 aliphatic rings. The third-order valence-electron chi connectivity index (χ3n) is 2.39. The van der Waals surface area contributed by atoms with E-state index >= 15 is 0 Å². The maximum absolute atomic E-state index is 11.1. The van der Waals surface area contributed by atoms with E-state index < -0.39 is 6.09 Å². The minimum Gasteiger partial charge on any atom is -0.482 e. The standard InChI is InChI=1S/C11H11NO3/c1-7-4-3-5-8-6-9(15-2)12(10(7)8)11(13)14/h3-6H,1-2H3,(H,13,14). The number of carbonyl (C=O) groups is 1. The monoisotopic (exact) mass is 205 g/mol. The largest absolute Gasteiger partial charge is 0.482 e. The molecular weight excluding hydrogens is 194 g/mol. The molecule has 1 aromatic carbocycles. The van der Waals surface area contributed by atoms with Crippen LogP contribution in [0, 0.1) is 6.92 Å². The predicted octanol–water partition coefficient (Wildman–Crippen LogP) is 2.48. The molecule has 0 radical (unpaired) electrons. The van der Waals surface area contributed by atoms with Gasteiger partial charge in [0.1, 0.15) is 0 Å². The van der Waals surface area contributed by atoms with Crippen LogP contribution in [0.25, 0.3) is 10.9 Å². The number of ether oxygens (including phenoxy) is 1. The van der Waals surface area contributed by atoms with Crippen LogP contribution in [0.2, 0.25) is 0 Å². The molecule has 1 aromatic heterocycles. The quantitative estimate of drug-likeness (QED) is 0.778. The van der Waals surface area contributed by atoms with Crippen LogP contribution in [0.3, 0.4) is 0 Å². The van der Waals surface area contributed by atoms with Gasteiger partial charge in [0.25, 0.3) is 0 Å². The van der Waals surface area contributed by atoms with Gasteiger partial charge >= 0.3 is 6.09 Å². The second-order valence-electron chi connectivity index (χ2n) is 3.32. The van der Waals surface area contributed by atoms with Gasteiger partial charge < -0.3 is 9.84 Å². The average Bonchev–Trinajstić information content (AvgIpc) is 2.57. The van der Waals surface area contributed by atoms with Crippen molar-refractivity contribution < 1.29 is 14.6 Å². The highest BCUT2D eigenvalue weighted by Gasteiger charge is 2.15. The van der Waals surface area contributed by atoms with Crippen LogP contribution in [0.4, 0.5) is 4.79 Å². The minimum atomic E-state index is -1.03. The van der Waals surface area contributed by atoms with Gasteiger partial charge in [-0.2, -0.15) is 0 Å². The number of hydrogen-bond acceptors (Lipinski definition) is 2. The fraction of sp³-hybridized carbons (Fsp3) is 0.182.